The van der Waals surface area contributed by atoms with Crippen molar-refractivity contribution in [2.45, 2.75) is 32.7 Å². The quantitative estimate of drug-likeness (QED) is 0.805. The Balaban J connectivity index is 2.56. The number of hydrogen-bond acceptors (Lipinski definition) is 4. The Bertz CT molecular complexity index is 322. The van der Waals surface area contributed by atoms with Gasteiger partial charge < -0.3 is 10.4 Å². The first-order valence-corrected chi connectivity index (χ1v) is 5.88. The first kappa shape index (κ1) is 13.2. The van der Waals surface area contributed by atoms with Crippen molar-refractivity contribution in [3.63, 3.8) is 0 Å². The van der Waals surface area contributed by atoms with E-state index >= 15 is 0 Å². The number of anilines is 1. The van der Waals surface area contributed by atoms with Gasteiger partial charge in [0.05, 0.1) is 12.4 Å². The molecular weight excluding hydrogens is 226 g/mol. The van der Waals surface area contributed by atoms with Crippen molar-refractivity contribution < 1.29 is 5.11 Å². The molecule has 1 rings (SSSR count). The van der Waals surface area contributed by atoms with Crippen LogP contribution in [0.25, 0.3) is 0 Å². The molecule has 0 aromatic carbocycles. The number of nitrogens with zero attached hydrogens (tertiary/aromatic N) is 2. The smallest absolute Gasteiger partial charge is 0.149 e. The van der Waals surface area contributed by atoms with E-state index in [0.29, 0.717) is 11.0 Å². The van der Waals surface area contributed by atoms with Gasteiger partial charge in [0.1, 0.15) is 11.0 Å². The molecule has 0 unspecified atom stereocenters. The van der Waals surface area contributed by atoms with Gasteiger partial charge in [0.25, 0.3) is 0 Å². The van der Waals surface area contributed by atoms with Crippen molar-refractivity contribution in [1.29, 1.82) is 0 Å². The summed E-state index contributed by atoms with van der Waals surface area (Å²) in [4.78, 5) is 8.09. The Kier molecular flexibility index (Phi) is 5.49. The highest BCUT2D eigenvalue weighted by Gasteiger charge is 2.11. The average Bonchev–Trinajstić information content (AvgIpc) is 2.28. The van der Waals surface area contributed by atoms with Crippen LogP contribution < -0.4 is 5.32 Å². The zero-order chi connectivity index (χ0) is 12.0. The zero-order valence-corrected chi connectivity index (χ0v) is 10.4. The molecule has 5 heteroatoms. The van der Waals surface area contributed by atoms with Crippen LogP contribution in [0.4, 0.5) is 5.82 Å². The van der Waals surface area contributed by atoms with Gasteiger partial charge >= 0.3 is 0 Å². The van der Waals surface area contributed by atoms with Gasteiger partial charge in [0.15, 0.2) is 0 Å². The summed E-state index contributed by atoms with van der Waals surface area (Å²) in [5.74, 6) is 0.967. The number of rotatable bonds is 6. The average molecular weight is 244 g/mol. The lowest BCUT2D eigenvalue weighted by Crippen LogP contribution is -2.23. The van der Waals surface area contributed by atoms with Crippen LogP contribution in [0.1, 0.15) is 26.7 Å². The Morgan fingerprint density at radius 2 is 2.25 bits per heavy atom. The predicted molar refractivity (Wildman–Crippen MR) is 65.6 cm³/mol. The molecule has 0 fully saturated rings. The van der Waals surface area contributed by atoms with Crippen molar-refractivity contribution >= 4 is 17.4 Å². The molecule has 0 aliphatic carbocycles. The summed E-state index contributed by atoms with van der Waals surface area (Å²) in [6.07, 6.45) is 5.03. The maximum atomic E-state index is 9.01. The van der Waals surface area contributed by atoms with E-state index in [9.17, 15) is 0 Å². The molecule has 1 aromatic heterocycles. The third-order valence-electron chi connectivity index (χ3n) is 2.45. The van der Waals surface area contributed by atoms with Crippen molar-refractivity contribution in [2.75, 3.05) is 11.9 Å². The van der Waals surface area contributed by atoms with Crippen molar-refractivity contribution in [1.82, 2.24) is 9.97 Å². The molecule has 90 valence electrons. The van der Waals surface area contributed by atoms with E-state index in [-0.39, 0.29) is 18.6 Å². The molecule has 0 saturated heterocycles. The Hall–Kier alpha value is -0.870. The summed E-state index contributed by atoms with van der Waals surface area (Å²) < 4.78 is 0. The van der Waals surface area contributed by atoms with E-state index in [1.54, 1.807) is 6.20 Å². The second kappa shape index (κ2) is 6.66. The fourth-order valence-corrected chi connectivity index (χ4v) is 1.66. The maximum Gasteiger partial charge on any atom is 0.149 e. The molecule has 2 N–H and O–H groups in total. The number of hydrogen-bond donors (Lipinski definition) is 2. The lowest BCUT2D eigenvalue weighted by molar-refractivity contribution is 0.224. The fraction of sp³-hybridized carbons (Fsp3) is 0.636. The van der Waals surface area contributed by atoms with Gasteiger partial charge in [-0.3, -0.25) is 4.98 Å². The molecule has 1 aromatic rings. The van der Waals surface area contributed by atoms with Crippen LogP contribution in [0, 0.1) is 5.92 Å². The lowest BCUT2D eigenvalue weighted by atomic mass is 10.0. The second-order valence-corrected chi connectivity index (χ2v) is 4.39. The van der Waals surface area contributed by atoms with E-state index in [4.69, 9.17) is 16.7 Å². The van der Waals surface area contributed by atoms with Gasteiger partial charge in [0, 0.05) is 12.6 Å². The van der Waals surface area contributed by atoms with E-state index in [1.807, 2.05) is 6.92 Å². The predicted octanol–water partition coefficient (Wildman–Crippen LogP) is 2.34. The van der Waals surface area contributed by atoms with Crippen LogP contribution in [0.3, 0.4) is 0 Å². The molecule has 2 atom stereocenters. The minimum absolute atomic E-state index is 0.208. The summed E-state index contributed by atoms with van der Waals surface area (Å²) in [5.41, 5.74) is 0. The number of aliphatic hydroxyl groups is 1. The zero-order valence-electron chi connectivity index (χ0n) is 9.65. The monoisotopic (exact) mass is 243 g/mol. The summed E-state index contributed by atoms with van der Waals surface area (Å²) in [6, 6.07) is 0.287. The third-order valence-corrected chi connectivity index (χ3v) is 2.63. The highest BCUT2D eigenvalue weighted by Crippen LogP contribution is 2.14. The molecule has 4 nitrogen and oxygen atoms in total. The van der Waals surface area contributed by atoms with Crippen LogP contribution in [-0.2, 0) is 0 Å². The maximum absolute atomic E-state index is 9.01. The van der Waals surface area contributed by atoms with Crippen LogP contribution in [0.2, 0.25) is 5.15 Å². The Morgan fingerprint density at radius 3 is 2.81 bits per heavy atom. The van der Waals surface area contributed by atoms with E-state index in [2.05, 4.69) is 22.2 Å². The molecule has 0 aliphatic rings. The van der Waals surface area contributed by atoms with Crippen LogP contribution in [0.5, 0.6) is 0 Å². The van der Waals surface area contributed by atoms with Gasteiger partial charge in [-0.1, -0.05) is 25.4 Å². The first-order valence-electron chi connectivity index (χ1n) is 5.50. The van der Waals surface area contributed by atoms with Gasteiger partial charge in [-0.05, 0) is 18.8 Å². The molecule has 0 amide bonds. The van der Waals surface area contributed by atoms with Crippen LogP contribution in [-0.4, -0.2) is 27.7 Å². The fourth-order valence-electron chi connectivity index (χ4n) is 1.51. The Labute approximate surface area is 101 Å². The van der Waals surface area contributed by atoms with Crippen LogP contribution >= 0.6 is 11.6 Å². The number of aromatic nitrogens is 2. The molecule has 1 heterocycles. The summed E-state index contributed by atoms with van der Waals surface area (Å²) in [6.45, 7) is 4.33. The van der Waals surface area contributed by atoms with Gasteiger partial charge in [0.2, 0.25) is 0 Å². The van der Waals surface area contributed by atoms with E-state index in [0.717, 1.165) is 12.8 Å². The molecule has 0 spiro atoms. The van der Waals surface area contributed by atoms with Gasteiger partial charge in [-0.15, -0.1) is 0 Å². The molecule has 0 aliphatic heterocycles. The molecule has 0 radical (unpaired) electrons. The van der Waals surface area contributed by atoms with E-state index in [1.165, 1.54) is 6.20 Å². The third kappa shape index (κ3) is 4.33. The topological polar surface area (TPSA) is 58.0 Å². The minimum Gasteiger partial charge on any atom is -0.396 e. The first-order chi connectivity index (χ1) is 7.65. The highest BCUT2D eigenvalue weighted by molar-refractivity contribution is 6.29. The van der Waals surface area contributed by atoms with E-state index < -0.39 is 0 Å². The Morgan fingerprint density at radius 1 is 1.50 bits per heavy atom. The van der Waals surface area contributed by atoms with Gasteiger partial charge in [-0.2, -0.15) is 0 Å². The molecular formula is C11H18ClN3O. The highest BCUT2D eigenvalue weighted by atomic mass is 35.5. The summed E-state index contributed by atoms with van der Waals surface area (Å²) >= 11 is 5.75. The SMILES string of the molecule is CC[C@H](C[C@H](C)CO)Nc1cncc(Cl)n1. The largest absolute Gasteiger partial charge is 0.396 e. The van der Waals surface area contributed by atoms with Crippen molar-refractivity contribution in [3.05, 3.63) is 17.5 Å². The second-order valence-electron chi connectivity index (χ2n) is 4.00. The summed E-state index contributed by atoms with van der Waals surface area (Å²) in [7, 11) is 0. The standard InChI is InChI=1S/C11H18ClN3O/c1-3-9(4-8(2)7-16)14-11-6-13-5-10(12)15-11/h5-6,8-9,16H,3-4,7H2,1-2H3,(H,14,15)/t8-,9+/m0/s1. The van der Waals surface area contributed by atoms with Gasteiger partial charge in [-0.25, -0.2) is 4.98 Å². The number of aliphatic hydroxyl groups excluding tert-OH is 1. The molecule has 0 saturated carbocycles. The molecule has 16 heavy (non-hydrogen) atoms. The minimum atomic E-state index is 0.208. The van der Waals surface area contributed by atoms with Crippen molar-refractivity contribution in [3.8, 4) is 0 Å². The number of nitrogens with one attached hydrogen (secondary N) is 1. The normalized spacial score (nSPS) is 14.5. The summed E-state index contributed by atoms with van der Waals surface area (Å²) in [5, 5.41) is 12.7. The lowest BCUT2D eigenvalue weighted by Gasteiger charge is -2.20. The van der Waals surface area contributed by atoms with Crippen molar-refractivity contribution in [2.24, 2.45) is 5.92 Å². The van der Waals surface area contributed by atoms with Crippen LogP contribution in [0.15, 0.2) is 12.4 Å². The number of halogens is 1. The molecule has 0 bridgehead atoms.